The first-order valence-electron chi connectivity index (χ1n) is 3.66. The highest BCUT2D eigenvalue weighted by Gasteiger charge is 2.10. The fourth-order valence-corrected chi connectivity index (χ4v) is 2.55. The second-order valence-corrected chi connectivity index (χ2v) is 3.86. The molecule has 0 saturated carbocycles. The minimum absolute atomic E-state index is 0.196. The number of aromatic hydroxyl groups is 1. The monoisotopic (exact) mass is 214 g/mol. The number of methoxy groups -OCH3 is 1. The van der Waals surface area contributed by atoms with Crippen molar-refractivity contribution in [2.75, 3.05) is 7.11 Å². The first-order chi connectivity index (χ1) is 6.24. The van der Waals surface area contributed by atoms with Crippen LogP contribution in [0.2, 0.25) is 5.02 Å². The van der Waals surface area contributed by atoms with Crippen molar-refractivity contribution >= 4 is 33.0 Å². The Hall–Kier alpha value is -0.930. The summed E-state index contributed by atoms with van der Waals surface area (Å²) < 4.78 is 6.02. The average molecular weight is 215 g/mol. The number of halogens is 1. The first-order valence-corrected chi connectivity index (χ1v) is 4.92. The molecule has 0 aliphatic rings. The lowest BCUT2D eigenvalue weighted by Gasteiger charge is -2.02. The molecule has 0 amide bonds. The molecule has 4 heteroatoms. The Balaban J connectivity index is 2.87. The van der Waals surface area contributed by atoms with E-state index >= 15 is 0 Å². The van der Waals surface area contributed by atoms with Crippen LogP contribution in [0.25, 0.3) is 10.1 Å². The molecule has 1 aromatic carbocycles. The summed E-state index contributed by atoms with van der Waals surface area (Å²) in [6.45, 7) is 0. The normalized spacial score (nSPS) is 10.6. The van der Waals surface area contributed by atoms with Gasteiger partial charge in [0.1, 0.15) is 11.5 Å². The van der Waals surface area contributed by atoms with E-state index in [4.69, 9.17) is 16.3 Å². The molecule has 2 nitrogen and oxygen atoms in total. The van der Waals surface area contributed by atoms with Crippen LogP contribution in [0, 0.1) is 0 Å². The van der Waals surface area contributed by atoms with E-state index in [1.807, 2.05) is 0 Å². The zero-order valence-corrected chi connectivity index (χ0v) is 8.45. The van der Waals surface area contributed by atoms with Crippen molar-refractivity contribution in [3.63, 3.8) is 0 Å². The quantitative estimate of drug-likeness (QED) is 0.790. The van der Waals surface area contributed by atoms with Gasteiger partial charge in [0.25, 0.3) is 0 Å². The average Bonchev–Trinajstić information content (AvgIpc) is 2.50. The van der Waals surface area contributed by atoms with E-state index in [0.717, 1.165) is 10.4 Å². The lowest BCUT2D eigenvalue weighted by atomic mass is 10.2. The van der Waals surface area contributed by atoms with Crippen LogP contribution in [-0.2, 0) is 0 Å². The third-order valence-corrected chi connectivity index (χ3v) is 3.26. The Morgan fingerprint density at radius 2 is 2.23 bits per heavy atom. The molecular weight excluding hydrogens is 208 g/mol. The molecule has 2 aromatic rings. The van der Waals surface area contributed by atoms with Gasteiger partial charge in [0.2, 0.25) is 0 Å². The number of ether oxygens (including phenoxy) is 1. The molecule has 0 unspecified atom stereocenters. The van der Waals surface area contributed by atoms with Crippen molar-refractivity contribution < 1.29 is 9.84 Å². The molecule has 0 aliphatic heterocycles. The van der Waals surface area contributed by atoms with E-state index < -0.39 is 0 Å². The lowest BCUT2D eigenvalue weighted by molar-refractivity contribution is 0.419. The maximum absolute atomic E-state index is 9.53. The molecule has 0 atom stereocenters. The van der Waals surface area contributed by atoms with Crippen molar-refractivity contribution in [2.45, 2.75) is 0 Å². The molecule has 1 N–H and O–H groups in total. The van der Waals surface area contributed by atoms with Gasteiger partial charge in [0, 0.05) is 5.38 Å². The molecule has 0 bridgehead atoms. The molecule has 1 aromatic heterocycles. The Kier molecular flexibility index (Phi) is 2.06. The fraction of sp³-hybridized carbons (Fsp3) is 0.111. The molecule has 0 radical (unpaired) electrons. The zero-order chi connectivity index (χ0) is 9.42. The van der Waals surface area contributed by atoms with Crippen LogP contribution >= 0.6 is 22.9 Å². The van der Waals surface area contributed by atoms with E-state index in [-0.39, 0.29) is 5.75 Å². The second-order valence-electron chi connectivity index (χ2n) is 2.57. The molecule has 0 saturated heterocycles. The van der Waals surface area contributed by atoms with Crippen LogP contribution in [0.3, 0.4) is 0 Å². The van der Waals surface area contributed by atoms with Crippen molar-refractivity contribution in [1.82, 2.24) is 0 Å². The molecule has 0 fully saturated rings. The predicted octanol–water partition coefficient (Wildman–Crippen LogP) is 3.27. The van der Waals surface area contributed by atoms with Crippen molar-refractivity contribution in [1.29, 1.82) is 0 Å². The summed E-state index contributed by atoms with van der Waals surface area (Å²) in [5.74, 6) is 0.937. The van der Waals surface area contributed by atoms with Gasteiger partial charge in [0.05, 0.1) is 22.2 Å². The predicted molar refractivity (Wildman–Crippen MR) is 55.1 cm³/mol. The summed E-state index contributed by atoms with van der Waals surface area (Å²) in [7, 11) is 1.60. The highest BCUT2D eigenvalue weighted by Crippen LogP contribution is 2.41. The van der Waals surface area contributed by atoms with Crippen molar-refractivity contribution in [2.24, 2.45) is 0 Å². The van der Waals surface area contributed by atoms with Gasteiger partial charge in [-0.2, -0.15) is 0 Å². The smallest absolute Gasteiger partial charge is 0.136 e. The Labute approximate surface area is 84.3 Å². The minimum atomic E-state index is 0.196. The summed E-state index contributed by atoms with van der Waals surface area (Å²) in [5.41, 5.74) is 0. The van der Waals surface area contributed by atoms with Crippen molar-refractivity contribution in [3.05, 3.63) is 22.5 Å². The van der Waals surface area contributed by atoms with Crippen LogP contribution in [-0.4, -0.2) is 12.2 Å². The molecule has 0 aliphatic carbocycles. The minimum Gasteiger partial charge on any atom is -0.507 e. The van der Waals surface area contributed by atoms with E-state index in [1.54, 1.807) is 24.6 Å². The standard InChI is InChI=1S/C9H7ClO2S/c1-12-7-3-2-6(11)8-5(10)4-13-9(7)8/h2-4,11H,1H3. The lowest BCUT2D eigenvalue weighted by Crippen LogP contribution is -1.81. The summed E-state index contributed by atoms with van der Waals surface area (Å²) in [5, 5.41) is 12.6. The zero-order valence-electron chi connectivity index (χ0n) is 6.87. The SMILES string of the molecule is COc1ccc(O)c2c(Cl)csc12. The number of thiophene rings is 1. The number of hydrogen-bond acceptors (Lipinski definition) is 3. The Morgan fingerprint density at radius 3 is 2.92 bits per heavy atom. The Bertz CT molecular complexity index is 450. The van der Waals surface area contributed by atoms with Gasteiger partial charge in [-0.05, 0) is 12.1 Å². The van der Waals surface area contributed by atoms with Gasteiger partial charge >= 0.3 is 0 Å². The number of rotatable bonds is 1. The molecule has 0 spiro atoms. The largest absolute Gasteiger partial charge is 0.507 e. The Morgan fingerprint density at radius 1 is 1.46 bits per heavy atom. The number of phenolic OH excluding ortho intramolecular Hbond substituents is 1. The number of fused-ring (bicyclic) bond motifs is 1. The van der Waals surface area contributed by atoms with Gasteiger partial charge < -0.3 is 9.84 Å². The van der Waals surface area contributed by atoms with Gasteiger partial charge in [0.15, 0.2) is 0 Å². The summed E-state index contributed by atoms with van der Waals surface area (Å²) in [4.78, 5) is 0. The number of benzene rings is 1. The fourth-order valence-electron chi connectivity index (χ4n) is 1.23. The maximum Gasteiger partial charge on any atom is 0.136 e. The molecule has 2 rings (SSSR count). The van der Waals surface area contributed by atoms with Gasteiger partial charge in [-0.15, -0.1) is 11.3 Å². The maximum atomic E-state index is 9.53. The van der Waals surface area contributed by atoms with Gasteiger partial charge in [-0.25, -0.2) is 0 Å². The van der Waals surface area contributed by atoms with Gasteiger partial charge in [-0.1, -0.05) is 11.6 Å². The van der Waals surface area contributed by atoms with Crippen LogP contribution in [0.15, 0.2) is 17.5 Å². The summed E-state index contributed by atoms with van der Waals surface area (Å²) in [6.07, 6.45) is 0. The third-order valence-electron chi connectivity index (χ3n) is 1.84. The summed E-state index contributed by atoms with van der Waals surface area (Å²) >= 11 is 7.36. The molecule has 68 valence electrons. The third kappa shape index (κ3) is 1.24. The molecular formula is C9H7ClO2S. The van der Waals surface area contributed by atoms with Crippen LogP contribution < -0.4 is 4.74 Å². The van der Waals surface area contributed by atoms with E-state index in [2.05, 4.69) is 0 Å². The summed E-state index contributed by atoms with van der Waals surface area (Å²) in [6, 6.07) is 3.31. The molecule has 1 heterocycles. The number of hydrogen-bond donors (Lipinski definition) is 1. The topological polar surface area (TPSA) is 29.5 Å². The van der Waals surface area contributed by atoms with Gasteiger partial charge in [-0.3, -0.25) is 0 Å². The van der Waals surface area contributed by atoms with E-state index in [1.165, 1.54) is 11.3 Å². The highest BCUT2D eigenvalue weighted by atomic mass is 35.5. The van der Waals surface area contributed by atoms with Crippen molar-refractivity contribution in [3.8, 4) is 11.5 Å². The number of phenols is 1. The first kappa shape index (κ1) is 8.66. The van der Waals surface area contributed by atoms with Crippen LogP contribution in [0.1, 0.15) is 0 Å². The second kappa shape index (κ2) is 3.09. The van der Waals surface area contributed by atoms with E-state index in [9.17, 15) is 5.11 Å². The highest BCUT2D eigenvalue weighted by molar-refractivity contribution is 7.18. The van der Waals surface area contributed by atoms with Crippen LogP contribution in [0.4, 0.5) is 0 Å². The van der Waals surface area contributed by atoms with E-state index in [0.29, 0.717) is 10.4 Å². The molecule has 13 heavy (non-hydrogen) atoms. The van der Waals surface area contributed by atoms with Crippen LogP contribution in [0.5, 0.6) is 11.5 Å².